The fraction of sp³-hybridized carbons (Fsp3) is 0.222. The van der Waals surface area contributed by atoms with E-state index in [1.807, 2.05) is 5.38 Å². The molecule has 0 aromatic carbocycles. The fourth-order valence-electron chi connectivity index (χ4n) is 1.05. The summed E-state index contributed by atoms with van der Waals surface area (Å²) < 4.78 is 4.99. The Morgan fingerprint density at radius 1 is 1.40 bits per heavy atom. The second kappa shape index (κ2) is 4.70. The lowest BCUT2D eigenvalue weighted by atomic mass is 10.5. The molecule has 5 nitrogen and oxygen atoms in total. The molecule has 78 valence electrons. The lowest BCUT2D eigenvalue weighted by Gasteiger charge is -2.03. The number of hydrogen-bond acceptors (Lipinski definition) is 6. The summed E-state index contributed by atoms with van der Waals surface area (Å²) in [4.78, 5) is 12.1. The van der Waals surface area contributed by atoms with Gasteiger partial charge in [0.25, 0.3) is 0 Å². The summed E-state index contributed by atoms with van der Waals surface area (Å²) in [7, 11) is 1.58. The zero-order valence-electron chi connectivity index (χ0n) is 8.17. The average Bonchev–Trinajstić information content (AvgIpc) is 2.79. The van der Waals surface area contributed by atoms with E-state index in [1.54, 1.807) is 30.7 Å². The molecule has 0 amide bonds. The number of ether oxygens (including phenoxy) is 1. The zero-order valence-corrected chi connectivity index (χ0v) is 8.99. The van der Waals surface area contributed by atoms with E-state index in [0.29, 0.717) is 12.4 Å². The highest BCUT2D eigenvalue weighted by atomic mass is 32.1. The molecule has 15 heavy (non-hydrogen) atoms. The molecule has 2 aromatic rings. The maximum atomic E-state index is 4.99. The SMILES string of the molecule is COc1cc(NCc2nccs2)ncn1. The summed E-state index contributed by atoms with van der Waals surface area (Å²) >= 11 is 1.60. The Hall–Kier alpha value is -1.69. The van der Waals surface area contributed by atoms with Crippen molar-refractivity contribution in [1.29, 1.82) is 0 Å². The minimum absolute atomic E-state index is 0.548. The highest BCUT2D eigenvalue weighted by Crippen LogP contribution is 2.12. The molecule has 0 saturated carbocycles. The molecule has 0 aliphatic carbocycles. The highest BCUT2D eigenvalue weighted by Gasteiger charge is 1.99. The predicted octanol–water partition coefficient (Wildman–Crippen LogP) is 1.55. The maximum Gasteiger partial charge on any atom is 0.218 e. The minimum atomic E-state index is 0.548. The molecule has 0 bridgehead atoms. The normalized spacial score (nSPS) is 9.93. The summed E-state index contributed by atoms with van der Waals surface area (Å²) in [5.41, 5.74) is 0. The van der Waals surface area contributed by atoms with Crippen LogP contribution in [-0.4, -0.2) is 22.1 Å². The summed E-state index contributed by atoms with van der Waals surface area (Å²) in [5.74, 6) is 1.28. The van der Waals surface area contributed by atoms with Gasteiger partial charge in [-0.25, -0.2) is 15.0 Å². The lowest BCUT2D eigenvalue weighted by Crippen LogP contribution is -2.01. The van der Waals surface area contributed by atoms with E-state index in [9.17, 15) is 0 Å². The quantitative estimate of drug-likeness (QED) is 0.850. The standard InChI is InChI=1S/C9H10N4OS/c1-14-8-4-7(12-6-13-8)11-5-9-10-2-3-15-9/h2-4,6H,5H2,1H3,(H,11,12,13). The second-order valence-electron chi connectivity index (χ2n) is 2.73. The van der Waals surface area contributed by atoms with Crippen LogP contribution >= 0.6 is 11.3 Å². The number of nitrogens with zero attached hydrogens (tertiary/aromatic N) is 3. The van der Waals surface area contributed by atoms with Gasteiger partial charge < -0.3 is 10.1 Å². The van der Waals surface area contributed by atoms with Crippen LogP contribution in [0.2, 0.25) is 0 Å². The third-order valence-corrected chi connectivity index (χ3v) is 2.53. The zero-order chi connectivity index (χ0) is 10.5. The van der Waals surface area contributed by atoms with E-state index in [-0.39, 0.29) is 0 Å². The first-order chi connectivity index (χ1) is 7.38. The van der Waals surface area contributed by atoms with Crippen LogP contribution in [0.5, 0.6) is 5.88 Å². The topological polar surface area (TPSA) is 59.9 Å². The average molecular weight is 222 g/mol. The Morgan fingerprint density at radius 2 is 2.33 bits per heavy atom. The van der Waals surface area contributed by atoms with Crippen LogP contribution in [-0.2, 0) is 6.54 Å². The van der Waals surface area contributed by atoms with E-state index < -0.39 is 0 Å². The number of anilines is 1. The van der Waals surface area contributed by atoms with Crippen molar-refractivity contribution in [2.24, 2.45) is 0 Å². The Bertz CT molecular complexity index is 418. The van der Waals surface area contributed by atoms with Gasteiger partial charge in [-0.1, -0.05) is 0 Å². The van der Waals surface area contributed by atoms with Crippen molar-refractivity contribution in [1.82, 2.24) is 15.0 Å². The minimum Gasteiger partial charge on any atom is -0.481 e. The largest absolute Gasteiger partial charge is 0.481 e. The van der Waals surface area contributed by atoms with Crippen molar-refractivity contribution in [3.63, 3.8) is 0 Å². The molecule has 0 aliphatic rings. The van der Waals surface area contributed by atoms with Gasteiger partial charge in [0.2, 0.25) is 5.88 Å². The summed E-state index contributed by atoms with van der Waals surface area (Å²) in [6.07, 6.45) is 3.24. The number of rotatable bonds is 4. The second-order valence-corrected chi connectivity index (χ2v) is 3.70. The highest BCUT2D eigenvalue weighted by molar-refractivity contribution is 7.09. The number of hydrogen-bond donors (Lipinski definition) is 1. The maximum absolute atomic E-state index is 4.99. The number of thiazole rings is 1. The molecule has 2 aromatic heterocycles. The van der Waals surface area contributed by atoms with Gasteiger partial charge in [0.1, 0.15) is 17.2 Å². The summed E-state index contributed by atoms with van der Waals surface area (Å²) in [6, 6.07) is 1.74. The van der Waals surface area contributed by atoms with Crippen molar-refractivity contribution < 1.29 is 4.74 Å². The van der Waals surface area contributed by atoms with Crippen LogP contribution in [0.1, 0.15) is 5.01 Å². The number of methoxy groups -OCH3 is 1. The molecule has 0 atom stereocenters. The third-order valence-electron chi connectivity index (χ3n) is 1.76. The molecule has 2 heterocycles. The van der Waals surface area contributed by atoms with E-state index in [0.717, 1.165) is 10.8 Å². The first kappa shape index (κ1) is 9.85. The van der Waals surface area contributed by atoms with Crippen LogP contribution in [0.3, 0.4) is 0 Å². The van der Waals surface area contributed by atoms with Crippen molar-refractivity contribution in [2.75, 3.05) is 12.4 Å². The van der Waals surface area contributed by atoms with Crippen LogP contribution < -0.4 is 10.1 Å². The Kier molecular flexibility index (Phi) is 3.08. The van der Waals surface area contributed by atoms with Gasteiger partial charge in [0.15, 0.2) is 0 Å². The smallest absolute Gasteiger partial charge is 0.218 e. The van der Waals surface area contributed by atoms with Gasteiger partial charge in [-0.15, -0.1) is 11.3 Å². The van der Waals surface area contributed by atoms with E-state index in [1.165, 1.54) is 6.33 Å². The molecular formula is C9H10N4OS. The first-order valence-corrected chi connectivity index (χ1v) is 5.25. The van der Waals surface area contributed by atoms with Crippen LogP contribution in [0.4, 0.5) is 5.82 Å². The summed E-state index contributed by atoms with van der Waals surface area (Å²) in [6.45, 7) is 0.665. The summed E-state index contributed by atoms with van der Waals surface area (Å²) in [5, 5.41) is 6.10. The van der Waals surface area contributed by atoms with E-state index in [4.69, 9.17) is 4.74 Å². The van der Waals surface area contributed by atoms with E-state index in [2.05, 4.69) is 20.3 Å². The van der Waals surface area contributed by atoms with Crippen molar-refractivity contribution >= 4 is 17.2 Å². The fourth-order valence-corrected chi connectivity index (χ4v) is 1.61. The molecule has 0 unspecified atom stereocenters. The third kappa shape index (κ3) is 2.63. The van der Waals surface area contributed by atoms with Gasteiger partial charge in [-0.3, -0.25) is 0 Å². The van der Waals surface area contributed by atoms with Gasteiger partial charge in [0.05, 0.1) is 13.7 Å². The Morgan fingerprint density at radius 3 is 3.07 bits per heavy atom. The molecule has 0 aliphatic heterocycles. The molecule has 0 fully saturated rings. The molecular weight excluding hydrogens is 212 g/mol. The van der Waals surface area contributed by atoms with Crippen molar-refractivity contribution in [3.8, 4) is 5.88 Å². The monoisotopic (exact) mass is 222 g/mol. The first-order valence-electron chi connectivity index (χ1n) is 4.37. The molecule has 0 radical (unpaired) electrons. The van der Waals surface area contributed by atoms with E-state index >= 15 is 0 Å². The molecule has 1 N–H and O–H groups in total. The van der Waals surface area contributed by atoms with Crippen molar-refractivity contribution in [2.45, 2.75) is 6.54 Å². The number of aromatic nitrogens is 3. The lowest BCUT2D eigenvalue weighted by molar-refractivity contribution is 0.397. The van der Waals surface area contributed by atoms with Gasteiger partial charge >= 0.3 is 0 Å². The molecule has 2 rings (SSSR count). The van der Waals surface area contributed by atoms with Gasteiger partial charge in [-0.05, 0) is 0 Å². The Balaban J connectivity index is 1.98. The number of nitrogens with one attached hydrogen (secondary N) is 1. The molecule has 6 heteroatoms. The van der Waals surface area contributed by atoms with Crippen LogP contribution in [0.25, 0.3) is 0 Å². The predicted molar refractivity (Wildman–Crippen MR) is 58.0 cm³/mol. The van der Waals surface area contributed by atoms with Crippen molar-refractivity contribution in [3.05, 3.63) is 29.0 Å². The Labute approximate surface area is 91.2 Å². The van der Waals surface area contributed by atoms with Crippen LogP contribution in [0, 0.1) is 0 Å². The molecule has 0 saturated heterocycles. The van der Waals surface area contributed by atoms with Gasteiger partial charge in [0, 0.05) is 17.6 Å². The van der Waals surface area contributed by atoms with Gasteiger partial charge in [-0.2, -0.15) is 0 Å². The van der Waals surface area contributed by atoms with Crippen LogP contribution in [0.15, 0.2) is 24.0 Å². The molecule has 0 spiro atoms.